The van der Waals surface area contributed by atoms with Crippen LogP contribution in [0.1, 0.15) is 57.6 Å². The van der Waals surface area contributed by atoms with Crippen LogP contribution >= 0.6 is 0 Å². The van der Waals surface area contributed by atoms with Gasteiger partial charge in [0.15, 0.2) is 0 Å². The predicted octanol–water partition coefficient (Wildman–Crippen LogP) is 3.47. The van der Waals surface area contributed by atoms with Crippen molar-refractivity contribution in [2.45, 2.75) is 52.0 Å². The van der Waals surface area contributed by atoms with Gasteiger partial charge in [0.1, 0.15) is 0 Å². The number of nitrogens with zero attached hydrogens (tertiary/aromatic N) is 2. The zero-order valence-corrected chi connectivity index (χ0v) is 18.6. The van der Waals surface area contributed by atoms with Crippen molar-refractivity contribution in [2.24, 2.45) is 23.7 Å². The molecular formula is C25H37N3O2. The van der Waals surface area contributed by atoms with Crippen LogP contribution in [0.15, 0.2) is 30.3 Å². The highest BCUT2D eigenvalue weighted by Crippen LogP contribution is 2.33. The Hall–Kier alpha value is -1.88. The highest BCUT2D eigenvalue weighted by molar-refractivity contribution is 5.79. The third kappa shape index (κ3) is 4.88. The summed E-state index contributed by atoms with van der Waals surface area (Å²) in [6, 6.07) is 10.5. The molecule has 2 aliphatic heterocycles. The number of carbonyl (C=O) groups is 2. The SMILES string of the molecule is CC(C)C(=O)N1CC2CN(CCC(NC(=O)C3CCCC3)c3ccccc3)C[C@H]2C1. The number of fused-ring (bicyclic) bond motifs is 1. The van der Waals surface area contributed by atoms with Gasteiger partial charge in [-0.1, -0.05) is 57.0 Å². The topological polar surface area (TPSA) is 52.7 Å². The molecule has 0 aromatic heterocycles. The van der Waals surface area contributed by atoms with Gasteiger partial charge in [0.05, 0.1) is 6.04 Å². The smallest absolute Gasteiger partial charge is 0.225 e. The minimum absolute atomic E-state index is 0.0822. The van der Waals surface area contributed by atoms with Crippen molar-refractivity contribution in [3.63, 3.8) is 0 Å². The van der Waals surface area contributed by atoms with Gasteiger partial charge in [0, 0.05) is 44.6 Å². The largest absolute Gasteiger partial charge is 0.349 e. The molecule has 3 fully saturated rings. The van der Waals surface area contributed by atoms with E-state index in [2.05, 4.69) is 39.4 Å². The van der Waals surface area contributed by atoms with Gasteiger partial charge < -0.3 is 15.1 Å². The summed E-state index contributed by atoms with van der Waals surface area (Å²) in [5.41, 5.74) is 1.21. The van der Waals surface area contributed by atoms with Crippen LogP contribution in [-0.2, 0) is 9.59 Å². The molecule has 1 saturated carbocycles. The maximum absolute atomic E-state index is 12.8. The summed E-state index contributed by atoms with van der Waals surface area (Å²) in [5.74, 6) is 2.05. The quantitative estimate of drug-likeness (QED) is 0.747. The number of nitrogens with one attached hydrogen (secondary N) is 1. The van der Waals surface area contributed by atoms with Crippen LogP contribution in [0.3, 0.4) is 0 Å². The molecule has 4 rings (SSSR count). The molecule has 2 heterocycles. The fourth-order valence-electron chi connectivity index (χ4n) is 5.61. The molecule has 30 heavy (non-hydrogen) atoms. The summed E-state index contributed by atoms with van der Waals surface area (Å²) in [7, 11) is 0. The normalized spacial score (nSPS) is 25.6. The highest BCUT2D eigenvalue weighted by Gasteiger charge is 2.41. The summed E-state index contributed by atoms with van der Waals surface area (Å²) in [4.78, 5) is 29.7. The number of hydrogen-bond donors (Lipinski definition) is 1. The molecule has 3 atom stereocenters. The molecular weight excluding hydrogens is 374 g/mol. The molecule has 5 nitrogen and oxygen atoms in total. The van der Waals surface area contributed by atoms with Gasteiger partial charge in [-0.3, -0.25) is 9.59 Å². The van der Waals surface area contributed by atoms with Crippen molar-refractivity contribution in [1.82, 2.24) is 15.1 Å². The summed E-state index contributed by atoms with van der Waals surface area (Å²) in [6.07, 6.45) is 5.38. The number of rotatable bonds is 7. The van der Waals surface area contributed by atoms with E-state index in [4.69, 9.17) is 0 Å². The van der Waals surface area contributed by atoms with E-state index in [-0.39, 0.29) is 23.8 Å². The standard InChI is InChI=1S/C25H37N3O2/c1-18(2)25(30)28-16-21-14-27(15-22(21)17-28)13-12-23(19-8-4-3-5-9-19)26-24(29)20-10-6-7-11-20/h3-5,8-9,18,20-23H,6-7,10-17H2,1-2H3,(H,26,29)/t21-,22?,23?/m0/s1. The lowest BCUT2D eigenvalue weighted by Crippen LogP contribution is -2.37. The Morgan fingerprint density at radius 2 is 1.63 bits per heavy atom. The Morgan fingerprint density at radius 1 is 1.00 bits per heavy atom. The molecule has 1 aromatic carbocycles. The van der Waals surface area contributed by atoms with E-state index < -0.39 is 0 Å². The number of benzene rings is 1. The number of carbonyl (C=O) groups excluding carboxylic acids is 2. The van der Waals surface area contributed by atoms with Gasteiger partial charge in [0.25, 0.3) is 0 Å². The van der Waals surface area contributed by atoms with Crippen molar-refractivity contribution in [3.8, 4) is 0 Å². The first-order chi connectivity index (χ1) is 14.5. The van der Waals surface area contributed by atoms with Gasteiger partial charge in [0.2, 0.25) is 11.8 Å². The summed E-state index contributed by atoms with van der Waals surface area (Å²) in [6.45, 7) is 8.96. The molecule has 0 bridgehead atoms. The minimum atomic E-state index is 0.0822. The van der Waals surface area contributed by atoms with Gasteiger partial charge in [-0.2, -0.15) is 0 Å². The van der Waals surface area contributed by atoms with Crippen LogP contribution < -0.4 is 5.32 Å². The molecule has 3 aliphatic rings. The van der Waals surface area contributed by atoms with E-state index in [9.17, 15) is 9.59 Å². The minimum Gasteiger partial charge on any atom is -0.349 e. The lowest BCUT2D eigenvalue weighted by Gasteiger charge is -2.26. The van der Waals surface area contributed by atoms with E-state index in [0.717, 1.165) is 52.0 Å². The second-order valence-electron chi connectivity index (χ2n) is 9.92. The fourth-order valence-corrected chi connectivity index (χ4v) is 5.61. The molecule has 1 aliphatic carbocycles. The Balaban J connectivity index is 1.31. The average molecular weight is 412 g/mol. The number of likely N-dealkylation sites (tertiary alicyclic amines) is 2. The predicted molar refractivity (Wildman–Crippen MR) is 119 cm³/mol. The van der Waals surface area contributed by atoms with Crippen LogP contribution in [0, 0.1) is 23.7 Å². The summed E-state index contributed by atoms with van der Waals surface area (Å²) in [5, 5.41) is 3.37. The van der Waals surface area contributed by atoms with Crippen molar-refractivity contribution in [3.05, 3.63) is 35.9 Å². The maximum atomic E-state index is 12.8. The van der Waals surface area contributed by atoms with Crippen LogP contribution in [0.2, 0.25) is 0 Å². The first-order valence-corrected chi connectivity index (χ1v) is 11.9. The Bertz CT molecular complexity index is 715. The van der Waals surface area contributed by atoms with Gasteiger partial charge in [-0.15, -0.1) is 0 Å². The van der Waals surface area contributed by atoms with Crippen LogP contribution in [0.25, 0.3) is 0 Å². The number of hydrogen-bond acceptors (Lipinski definition) is 3. The van der Waals surface area contributed by atoms with Crippen molar-refractivity contribution in [1.29, 1.82) is 0 Å². The van der Waals surface area contributed by atoms with Crippen LogP contribution in [-0.4, -0.2) is 54.3 Å². The molecule has 1 N–H and O–H groups in total. The molecule has 1 aromatic rings. The summed E-state index contributed by atoms with van der Waals surface area (Å²) >= 11 is 0. The van der Waals surface area contributed by atoms with Crippen molar-refractivity contribution < 1.29 is 9.59 Å². The zero-order valence-electron chi connectivity index (χ0n) is 18.6. The average Bonchev–Trinajstić information content (AvgIpc) is 3.47. The first-order valence-electron chi connectivity index (χ1n) is 11.9. The Morgan fingerprint density at radius 3 is 2.23 bits per heavy atom. The fraction of sp³-hybridized carbons (Fsp3) is 0.680. The van der Waals surface area contributed by atoms with E-state index in [1.54, 1.807) is 0 Å². The lowest BCUT2D eigenvalue weighted by atomic mass is 10.0. The molecule has 2 saturated heterocycles. The van der Waals surface area contributed by atoms with E-state index >= 15 is 0 Å². The Kier molecular flexibility index (Phi) is 6.77. The number of amides is 2. The van der Waals surface area contributed by atoms with Gasteiger partial charge >= 0.3 is 0 Å². The molecule has 2 amide bonds. The van der Waals surface area contributed by atoms with E-state index in [1.165, 1.54) is 18.4 Å². The van der Waals surface area contributed by atoms with Crippen molar-refractivity contribution in [2.75, 3.05) is 32.7 Å². The molecule has 0 spiro atoms. The monoisotopic (exact) mass is 411 g/mol. The van der Waals surface area contributed by atoms with Crippen LogP contribution in [0.5, 0.6) is 0 Å². The molecule has 2 unspecified atom stereocenters. The second kappa shape index (κ2) is 9.51. The molecule has 164 valence electrons. The van der Waals surface area contributed by atoms with E-state index in [1.807, 2.05) is 19.9 Å². The lowest BCUT2D eigenvalue weighted by molar-refractivity contribution is -0.133. The first kappa shape index (κ1) is 21.4. The van der Waals surface area contributed by atoms with Gasteiger partial charge in [-0.05, 0) is 36.7 Å². The summed E-state index contributed by atoms with van der Waals surface area (Å²) < 4.78 is 0. The van der Waals surface area contributed by atoms with Crippen LogP contribution in [0.4, 0.5) is 0 Å². The third-order valence-corrected chi connectivity index (χ3v) is 7.35. The zero-order chi connectivity index (χ0) is 21.1. The Labute approximate surface area is 181 Å². The maximum Gasteiger partial charge on any atom is 0.225 e. The van der Waals surface area contributed by atoms with Crippen molar-refractivity contribution >= 4 is 11.8 Å². The third-order valence-electron chi connectivity index (χ3n) is 7.35. The second-order valence-corrected chi connectivity index (χ2v) is 9.92. The van der Waals surface area contributed by atoms with E-state index in [0.29, 0.717) is 17.7 Å². The molecule has 5 heteroatoms. The molecule has 0 radical (unpaired) electrons. The highest BCUT2D eigenvalue weighted by atomic mass is 16.2. The van der Waals surface area contributed by atoms with Gasteiger partial charge in [-0.25, -0.2) is 0 Å².